The number of nitrogens with zero attached hydrogens (tertiary/aromatic N) is 4. The first-order chi connectivity index (χ1) is 12.4. The summed E-state index contributed by atoms with van der Waals surface area (Å²) in [5.41, 5.74) is 2.85. The second-order valence-corrected chi connectivity index (χ2v) is 7.40. The molecule has 0 atom stereocenters. The molecule has 3 heterocycles. The van der Waals surface area contributed by atoms with Gasteiger partial charge in [0.2, 0.25) is 5.89 Å². The second kappa shape index (κ2) is 6.21. The van der Waals surface area contributed by atoms with Crippen molar-refractivity contribution in [3.8, 4) is 11.5 Å². The smallest absolute Gasteiger partial charge is 0.254 e. The van der Waals surface area contributed by atoms with Crippen molar-refractivity contribution in [1.82, 2.24) is 19.8 Å². The molecule has 0 spiro atoms. The number of hydrogen-bond donors (Lipinski definition) is 0. The van der Waals surface area contributed by atoms with E-state index < -0.39 is 0 Å². The monoisotopic (exact) mass is 350 g/mol. The highest BCUT2D eigenvalue weighted by atomic mass is 16.3. The van der Waals surface area contributed by atoms with Gasteiger partial charge in [0.05, 0.1) is 0 Å². The van der Waals surface area contributed by atoms with E-state index in [9.17, 15) is 4.79 Å². The van der Waals surface area contributed by atoms with Crippen molar-refractivity contribution < 1.29 is 9.21 Å². The molecule has 1 amide bonds. The zero-order valence-electron chi connectivity index (χ0n) is 15.3. The van der Waals surface area contributed by atoms with E-state index in [0.717, 1.165) is 18.7 Å². The molecule has 4 rings (SSSR count). The molecule has 0 N–H and O–H groups in total. The number of benzene rings is 1. The van der Waals surface area contributed by atoms with Crippen molar-refractivity contribution in [3.63, 3.8) is 0 Å². The van der Waals surface area contributed by atoms with Gasteiger partial charge in [-0.25, -0.2) is 4.98 Å². The van der Waals surface area contributed by atoms with E-state index in [2.05, 4.69) is 35.8 Å². The van der Waals surface area contributed by atoms with Crippen LogP contribution in [0.1, 0.15) is 24.2 Å². The summed E-state index contributed by atoms with van der Waals surface area (Å²) < 4.78 is 5.81. The van der Waals surface area contributed by atoms with Crippen molar-refractivity contribution in [2.45, 2.75) is 19.4 Å². The Kier molecular flexibility index (Phi) is 4.00. The predicted octanol–water partition coefficient (Wildman–Crippen LogP) is 3.06. The molecule has 0 unspecified atom stereocenters. The van der Waals surface area contributed by atoms with E-state index in [1.54, 1.807) is 12.4 Å². The molecular weight excluding hydrogens is 328 g/mol. The Balaban J connectivity index is 1.62. The first-order valence-corrected chi connectivity index (χ1v) is 8.75. The number of rotatable bonds is 2. The number of hydrogen-bond acceptors (Lipinski definition) is 5. The van der Waals surface area contributed by atoms with Gasteiger partial charge < -0.3 is 9.32 Å². The fraction of sp³-hybridized carbons (Fsp3) is 0.350. The second-order valence-electron chi connectivity index (χ2n) is 7.40. The van der Waals surface area contributed by atoms with Gasteiger partial charge in [0.1, 0.15) is 5.52 Å². The van der Waals surface area contributed by atoms with Crippen LogP contribution in [0.5, 0.6) is 0 Å². The average Bonchev–Trinajstić information content (AvgIpc) is 3.07. The average molecular weight is 350 g/mol. The van der Waals surface area contributed by atoms with E-state index >= 15 is 0 Å². The maximum Gasteiger partial charge on any atom is 0.254 e. The number of oxazole rings is 1. The molecule has 1 fully saturated rings. The zero-order chi connectivity index (χ0) is 18.3. The van der Waals surface area contributed by atoms with Gasteiger partial charge in [-0.15, -0.1) is 0 Å². The van der Waals surface area contributed by atoms with Gasteiger partial charge in [0, 0.05) is 48.7 Å². The summed E-state index contributed by atoms with van der Waals surface area (Å²) in [6, 6.07) is 9.16. The van der Waals surface area contributed by atoms with E-state index in [0.29, 0.717) is 29.1 Å². The number of fused-ring (bicyclic) bond motifs is 1. The van der Waals surface area contributed by atoms with E-state index in [4.69, 9.17) is 4.42 Å². The molecule has 1 aliphatic heterocycles. The predicted molar refractivity (Wildman–Crippen MR) is 99.9 cm³/mol. The molecule has 0 saturated carbocycles. The van der Waals surface area contributed by atoms with Gasteiger partial charge >= 0.3 is 0 Å². The third-order valence-electron chi connectivity index (χ3n) is 5.17. The lowest BCUT2D eigenvalue weighted by atomic mass is 9.99. The van der Waals surface area contributed by atoms with Crippen LogP contribution in [0.2, 0.25) is 0 Å². The standard InChI is InChI=1S/C20H22N4O2/c1-20(2)13-24(11-10-23(20)3)19(25)15-4-5-17-16(12-15)22-18(26-17)14-6-8-21-9-7-14/h4-9,12H,10-11,13H2,1-3H3. The first-order valence-electron chi connectivity index (χ1n) is 8.75. The Morgan fingerprint density at radius 1 is 1.15 bits per heavy atom. The van der Waals surface area contributed by atoms with Crippen LogP contribution >= 0.6 is 0 Å². The molecule has 1 aromatic carbocycles. The number of carbonyl (C=O) groups excluding carboxylic acids is 1. The molecule has 1 saturated heterocycles. The largest absolute Gasteiger partial charge is 0.436 e. The maximum atomic E-state index is 13.0. The van der Waals surface area contributed by atoms with E-state index in [-0.39, 0.29) is 11.4 Å². The number of amides is 1. The van der Waals surface area contributed by atoms with Gasteiger partial charge in [-0.3, -0.25) is 14.7 Å². The van der Waals surface area contributed by atoms with Crippen molar-refractivity contribution >= 4 is 17.0 Å². The molecule has 2 aromatic heterocycles. The van der Waals surface area contributed by atoms with E-state index in [1.807, 2.05) is 35.2 Å². The number of carbonyl (C=O) groups is 1. The maximum absolute atomic E-state index is 13.0. The summed E-state index contributed by atoms with van der Waals surface area (Å²) in [5, 5.41) is 0. The number of piperazine rings is 1. The van der Waals surface area contributed by atoms with Gasteiger partial charge in [0.15, 0.2) is 5.58 Å². The SMILES string of the molecule is CN1CCN(C(=O)c2ccc3oc(-c4ccncc4)nc3c2)CC1(C)C. The summed E-state index contributed by atoms with van der Waals surface area (Å²) >= 11 is 0. The lowest BCUT2D eigenvalue weighted by molar-refractivity contribution is 0.0311. The lowest BCUT2D eigenvalue weighted by Crippen LogP contribution is -2.58. The topological polar surface area (TPSA) is 62.5 Å². The molecule has 134 valence electrons. The third kappa shape index (κ3) is 2.97. The Morgan fingerprint density at radius 3 is 2.65 bits per heavy atom. The molecule has 3 aromatic rings. The minimum atomic E-state index is -0.0274. The normalized spacial score (nSPS) is 17.6. The summed E-state index contributed by atoms with van der Waals surface area (Å²) in [6.07, 6.45) is 3.41. The number of pyridine rings is 1. The summed E-state index contributed by atoms with van der Waals surface area (Å²) in [6.45, 7) is 6.64. The van der Waals surface area contributed by atoms with Crippen molar-refractivity contribution in [2.75, 3.05) is 26.7 Å². The van der Waals surface area contributed by atoms with Crippen LogP contribution in [0.25, 0.3) is 22.6 Å². The summed E-state index contributed by atoms with van der Waals surface area (Å²) in [7, 11) is 2.10. The minimum Gasteiger partial charge on any atom is -0.436 e. The van der Waals surface area contributed by atoms with Crippen LogP contribution in [0.4, 0.5) is 0 Å². The van der Waals surface area contributed by atoms with Gasteiger partial charge in [0.25, 0.3) is 5.91 Å². The molecule has 0 radical (unpaired) electrons. The Hall–Kier alpha value is -2.73. The number of aromatic nitrogens is 2. The summed E-state index contributed by atoms with van der Waals surface area (Å²) in [5.74, 6) is 0.578. The van der Waals surface area contributed by atoms with Crippen LogP contribution in [0.3, 0.4) is 0 Å². The molecular formula is C20H22N4O2. The highest BCUT2D eigenvalue weighted by molar-refractivity contribution is 5.97. The molecule has 26 heavy (non-hydrogen) atoms. The van der Waals surface area contributed by atoms with Crippen molar-refractivity contribution in [2.24, 2.45) is 0 Å². The van der Waals surface area contributed by atoms with Crippen LogP contribution in [-0.2, 0) is 0 Å². The Bertz CT molecular complexity index is 949. The van der Waals surface area contributed by atoms with Crippen LogP contribution in [0, 0.1) is 0 Å². The lowest BCUT2D eigenvalue weighted by Gasteiger charge is -2.45. The zero-order valence-corrected chi connectivity index (χ0v) is 15.3. The number of likely N-dealkylation sites (N-methyl/N-ethyl adjacent to an activating group) is 1. The highest BCUT2D eigenvalue weighted by Crippen LogP contribution is 2.26. The molecule has 6 heteroatoms. The molecule has 0 aliphatic carbocycles. The quantitative estimate of drug-likeness (QED) is 0.711. The third-order valence-corrected chi connectivity index (χ3v) is 5.17. The fourth-order valence-electron chi connectivity index (χ4n) is 3.27. The van der Waals surface area contributed by atoms with Crippen LogP contribution in [-0.4, -0.2) is 57.9 Å². The van der Waals surface area contributed by atoms with Gasteiger partial charge in [-0.2, -0.15) is 0 Å². The minimum absolute atomic E-state index is 0.0274. The van der Waals surface area contributed by atoms with Crippen molar-refractivity contribution in [3.05, 3.63) is 48.3 Å². The van der Waals surface area contributed by atoms with Gasteiger partial charge in [-0.05, 0) is 51.2 Å². The Morgan fingerprint density at radius 2 is 1.92 bits per heavy atom. The molecule has 0 bridgehead atoms. The first kappa shape index (κ1) is 16.7. The summed E-state index contributed by atoms with van der Waals surface area (Å²) in [4.78, 5) is 25.7. The molecule has 1 aliphatic rings. The van der Waals surface area contributed by atoms with Crippen LogP contribution in [0.15, 0.2) is 47.1 Å². The van der Waals surface area contributed by atoms with Crippen molar-refractivity contribution in [1.29, 1.82) is 0 Å². The molecule has 6 nitrogen and oxygen atoms in total. The highest BCUT2D eigenvalue weighted by Gasteiger charge is 2.33. The fourth-order valence-corrected chi connectivity index (χ4v) is 3.27. The van der Waals surface area contributed by atoms with Crippen LogP contribution < -0.4 is 0 Å². The van der Waals surface area contributed by atoms with E-state index in [1.165, 1.54) is 0 Å². The Labute approximate surface area is 152 Å². The van der Waals surface area contributed by atoms with Gasteiger partial charge in [-0.1, -0.05) is 0 Å².